The summed E-state index contributed by atoms with van der Waals surface area (Å²) in [6.45, 7) is 2.44. The number of likely N-dealkylation sites (N-methyl/N-ethyl adjacent to an activating group) is 1. The van der Waals surface area contributed by atoms with E-state index >= 15 is 0 Å². The van der Waals surface area contributed by atoms with Crippen molar-refractivity contribution in [3.05, 3.63) is 87.7 Å². The first-order valence-corrected chi connectivity index (χ1v) is 17.2. The van der Waals surface area contributed by atoms with Crippen LogP contribution in [0.3, 0.4) is 0 Å². The molecule has 1 aliphatic heterocycles. The van der Waals surface area contributed by atoms with E-state index in [-0.39, 0.29) is 26.1 Å². The molecule has 0 aliphatic carbocycles. The molecule has 5 rings (SSSR count). The highest BCUT2D eigenvalue weighted by Crippen LogP contribution is 2.38. The Kier molecular flexibility index (Phi) is 11.9. The number of H-pyrrole nitrogens is 1. The molecule has 49 heavy (non-hydrogen) atoms. The van der Waals surface area contributed by atoms with Gasteiger partial charge in [0.25, 0.3) is 0 Å². The summed E-state index contributed by atoms with van der Waals surface area (Å²) in [5.41, 5.74) is 16.3. The number of carbonyl (C=O) groups excluding carboxylic acids is 3. The summed E-state index contributed by atoms with van der Waals surface area (Å²) in [6.07, 6.45) is 2.84. The summed E-state index contributed by atoms with van der Waals surface area (Å²) in [5.74, 6) is -1.34. The van der Waals surface area contributed by atoms with E-state index in [2.05, 4.69) is 32.0 Å². The van der Waals surface area contributed by atoms with Gasteiger partial charge >= 0.3 is 0 Å². The van der Waals surface area contributed by atoms with Crippen LogP contribution >= 0.6 is 23.4 Å². The molecule has 3 amide bonds. The van der Waals surface area contributed by atoms with Crippen molar-refractivity contribution in [2.24, 2.45) is 11.5 Å². The van der Waals surface area contributed by atoms with Crippen LogP contribution in [0.25, 0.3) is 10.9 Å². The standard InChI is InChI=1S/C35H40ClN9O3S/c1-20-25(24-8-3-4-9-27(24)43-20)15-30-33(47)42-19-23-13-21(16-38)14-26(36)31(23)49-34-22(7-6-12-40-34)18-41-28(10-5-11-37)32(46)44-29(17-39)35(48)45(30)2/h3-4,6-9,12-14,28-30,41,43H,5,10-11,15,17-19,37,39H2,1-2H3,(H,42,47)(H,44,46)/t28-,29-,30-/m0/s1. The highest BCUT2D eigenvalue weighted by atomic mass is 35.5. The lowest BCUT2D eigenvalue weighted by Crippen LogP contribution is -2.59. The molecule has 3 heterocycles. The van der Waals surface area contributed by atoms with Crippen molar-refractivity contribution in [3.8, 4) is 6.07 Å². The van der Waals surface area contributed by atoms with Crippen molar-refractivity contribution in [3.63, 3.8) is 0 Å². The molecule has 0 unspecified atom stereocenters. The van der Waals surface area contributed by atoms with E-state index in [0.29, 0.717) is 45.5 Å². The van der Waals surface area contributed by atoms with Gasteiger partial charge in [-0.3, -0.25) is 14.4 Å². The lowest BCUT2D eigenvalue weighted by Gasteiger charge is -2.31. The number of aromatic amines is 1. The zero-order valence-corrected chi connectivity index (χ0v) is 29.0. The maximum Gasteiger partial charge on any atom is 0.246 e. The van der Waals surface area contributed by atoms with Crippen molar-refractivity contribution >= 4 is 52.0 Å². The molecular weight excluding hydrogens is 662 g/mol. The van der Waals surface area contributed by atoms with Gasteiger partial charge in [0.05, 0.1) is 22.7 Å². The number of nitrogens with one attached hydrogen (secondary N) is 4. The zero-order chi connectivity index (χ0) is 35.1. The maximum absolute atomic E-state index is 14.2. The number of benzene rings is 2. The lowest BCUT2D eigenvalue weighted by atomic mass is 10.00. The van der Waals surface area contributed by atoms with Crippen LogP contribution in [0, 0.1) is 18.3 Å². The average Bonchev–Trinajstić information content (AvgIpc) is 3.43. The molecule has 0 saturated heterocycles. The number of aromatic nitrogens is 2. The van der Waals surface area contributed by atoms with Crippen LogP contribution in [0.2, 0.25) is 5.02 Å². The number of nitrogens with zero attached hydrogens (tertiary/aromatic N) is 3. The van der Waals surface area contributed by atoms with E-state index in [0.717, 1.165) is 27.7 Å². The first-order valence-electron chi connectivity index (χ1n) is 16.0. The third-order valence-electron chi connectivity index (χ3n) is 8.70. The third-order valence-corrected chi connectivity index (χ3v) is 10.4. The predicted octanol–water partition coefficient (Wildman–Crippen LogP) is 2.89. The van der Waals surface area contributed by atoms with E-state index in [4.69, 9.17) is 23.1 Å². The van der Waals surface area contributed by atoms with Crippen LogP contribution in [0.15, 0.2) is 64.6 Å². The molecule has 0 radical (unpaired) electrons. The molecule has 256 valence electrons. The molecule has 0 fully saturated rings. The molecule has 4 aromatic rings. The van der Waals surface area contributed by atoms with Gasteiger partial charge in [-0.2, -0.15) is 5.26 Å². The number of pyridine rings is 1. The summed E-state index contributed by atoms with van der Waals surface area (Å²) in [6, 6.07) is 14.1. The molecule has 8 N–H and O–H groups in total. The minimum absolute atomic E-state index is 0.0282. The number of hydrogen-bond donors (Lipinski definition) is 6. The summed E-state index contributed by atoms with van der Waals surface area (Å²) in [7, 11) is 1.54. The number of carbonyl (C=O) groups is 3. The number of fused-ring (bicyclic) bond motifs is 3. The van der Waals surface area contributed by atoms with Gasteiger partial charge in [0.15, 0.2) is 0 Å². The Morgan fingerprint density at radius 1 is 1.06 bits per heavy atom. The monoisotopic (exact) mass is 701 g/mol. The fourth-order valence-corrected chi connectivity index (χ4v) is 7.33. The molecule has 0 bridgehead atoms. The molecule has 0 saturated carbocycles. The minimum atomic E-state index is -1.09. The van der Waals surface area contributed by atoms with Crippen LogP contribution in [-0.2, 0) is 33.9 Å². The summed E-state index contributed by atoms with van der Waals surface area (Å²) in [5, 5.41) is 20.8. The molecule has 0 spiro atoms. The van der Waals surface area contributed by atoms with Crippen LogP contribution in [-0.4, -0.2) is 70.9 Å². The van der Waals surface area contributed by atoms with Gasteiger partial charge in [-0.05, 0) is 67.3 Å². The zero-order valence-electron chi connectivity index (χ0n) is 27.4. The molecule has 2 aromatic carbocycles. The predicted molar refractivity (Wildman–Crippen MR) is 190 cm³/mol. The number of aryl methyl sites for hydroxylation is 1. The molecule has 3 atom stereocenters. The van der Waals surface area contributed by atoms with Crippen molar-refractivity contribution < 1.29 is 14.4 Å². The van der Waals surface area contributed by atoms with Crippen LogP contribution < -0.4 is 27.4 Å². The SMILES string of the molecule is Cc1[nH]c2ccccc2c1C[C@H]1C(=O)NCc2cc(C#N)cc(Cl)c2Sc2ncccc2CN[C@@H](CCCN)C(=O)N[C@@H](CN)C(=O)N1C. The second kappa shape index (κ2) is 16.3. The lowest BCUT2D eigenvalue weighted by molar-refractivity contribution is -0.141. The number of nitrogens with two attached hydrogens (primary N) is 2. The van der Waals surface area contributed by atoms with E-state index < -0.39 is 35.8 Å². The Labute approximate surface area is 294 Å². The highest BCUT2D eigenvalue weighted by molar-refractivity contribution is 7.99. The van der Waals surface area contributed by atoms with Gasteiger partial charge in [-0.25, -0.2) is 4.98 Å². The number of amides is 3. The Morgan fingerprint density at radius 2 is 1.86 bits per heavy atom. The Balaban J connectivity index is 1.59. The van der Waals surface area contributed by atoms with Crippen LogP contribution in [0.1, 0.15) is 40.8 Å². The molecule has 12 nitrogen and oxygen atoms in total. The molecule has 14 heteroatoms. The largest absolute Gasteiger partial charge is 0.358 e. The van der Waals surface area contributed by atoms with E-state index in [9.17, 15) is 19.6 Å². The number of rotatable bonds is 6. The van der Waals surface area contributed by atoms with Crippen molar-refractivity contribution in [1.82, 2.24) is 30.8 Å². The summed E-state index contributed by atoms with van der Waals surface area (Å²) < 4.78 is 0. The van der Waals surface area contributed by atoms with Crippen LogP contribution in [0.4, 0.5) is 0 Å². The quantitative estimate of drug-likeness (QED) is 0.175. The Morgan fingerprint density at radius 3 is 2.61 bits per heavy atom. The summed E-state index contributed by atoms with van der Waals surface area (Å²) in [4.78, 5) is 51.9. The topological polar surface area (TPSA) is 195 Å². The number of hydrogen-bond acceptors (Lipinski definition) is 9. The number of halogens is 1. The Bertz CT molecular complexity index is 1890. The third kappa shape index (κ3) is 8.24. The van der Waals surface area contributed by atoms with Crippen LogP contribution in [0.5, 0.6) is 0 Å². The van der Waals surface area contributed by atoms with Gasteiger partial charge in [-0.1, -0.05) is 47.6 Å². The van der Waals surface area contributed by atoms with Gasteiger partial charge in [-0.15, -0.1) is 0 Å². The van der Waals surface area contributed by atoms with Gasteiger partial charge in [0.2, 0.25) is 17.7 Å². The first-order chi connectivity index (χ1) is 23.6. The second-order valence-corrected chi connectivity index (χ2v) is 13.4. The fourth-order valence-electron chi connectivity index (χ4n) is 5.98. The van der Waals surface area contributed by atoms with E-state index in [1.807, 2.05) is 37.3 Å². The minimum Gasteiger partial charge on any atom is -0.358 e. The normalized spacial score (nSPS) is 19.4. The van der Waals surface area contributed by atoms with E-state index in [1.54, 1.807) is 31.4 Å². The number of para-hydroxylation sites is 1. The van der Waals surface area contributed by atoms with Gasteiger partial charge < -0.3 is 37.3 Å². The van der Waals surface area contributed by atoms with E-state index in [1.165, 1.54) is 16.7 Å². The number of nitriles is 1. The maximum atomic E-state index is 14.2. The smallest absolute Gasteiger partial charge is 0.246 e. The molecular formula is C35H40ClN9O3S. The fraction of sp³-hybridized carbons (Fsp3) is 0.343. The molecule has 1 aliphatic rings. The first kappa shape index (κ1) is 35.8. The Hall–Kier alpha value is -4.45. The highest BCUT2D eigenvalue weighted by Gasteiger charge is 2.34. The van der Waals surface area contributed by atoms with Crippen molar-refractivity contribution in [2.45, 2.75) is 67.3 Å². The van der Waals surface area contributed by atoms with Crippen molar-refractivity contribution in [1.29, 1.82) is 5.26 Å². The average molecular weight is 702 g/mol. The summed E-state index contributed by atoms with van der Waals surface area (Å²) >= 11 is 8.07. The van der Waals surface area contributed by atoms with Gasteiger partial charge in [0, 0.05) is 60.8 Å². The van der Waals surface area contributed by atoms with Gasteiger partial charge in [0.1, 0.15) is 17.1 Å². The second-order valence-electron chi connectivity index (χ2n) is 12.0. The van der Waals surface area contributed by atoms with Crippen molar-refractivity contribution in [2.75, 3.05) is 20.1 Å². The molecule has 2 aromatic heterocycles.